The van der Waals surface area contributed by atoms with Crippen molar-refractivity contribution in [2.24, 2.45) is 17.8 Å². The zero-order valence-corrected chi connectivity index (χ0v) is 17.1. The second kappa shape index (κ2) is 7.75. The minimum Gasteiger partial charge on any atom is -0.396 e. The molecule has 5 heteroatoms. The minimum atomic E-state index is -0.143. The van der Waals surface area contributed by atoms with Crippen molar-refractivity contribution in [2.75, 3.05) is 32.8 Å². The second-order valence-corrected chi connectivity index (χ2v) is 9.90. The number of aliphatic hydroxyl groups is 2. The van der Waals surface area contributed by atoms with E-state index in [1.165, 1.54) is 49.8 Å². The van der Waals surface area contributed by atoms with E-state index < -0.39 is 0 Å². The molecule has 4 heterocycles. The number of nitrogens with one attached hydrogen (secondary N) is 2. The van der Waals surface area contributed by atoms with Crippen LogP contribution in [-0.4, -0.2) is 59.7 Å². The molecule has 2 saturated heterocycles. The molecular weight excluding hydrogens is 350 g/mol. The molecule has 0 radical (unpaired) electrons. The van der Waals surface area contributed by atoms with E-state index in [1.807, 2.05) is 0 Å². The molecular formula is C23H37N3O2. The molecule has 3 fully saturated rings. The van der Waals surface area contributed by atoms with Crippen LogP contribution in [0, 0.1) is 17.8 Å². The lowest BCUT2D eigenvalue weighted by atomic mass is 9.77. The lowest BCUT2D eigenvalue weighted by Gasteiger charge is -2.44. The van der Waals surface area contributed by atoms with Gasteiger partial charge in [0.1, 0.15) is 0 Å². The third kappa shape index (κ3) is 3.34. The third-order valence-electron chi connectivity index (χ3n) is 8.02. The molecule has 2 bridgehead atoms. The van der Waals surface area contributed by atoms with Gasteiger partial charge < -0.3 is 15.5 Å². The first-order chi connectivity index (χ1) is 13.7. The zero-order chi connectivity index (χ0) is 19.1. The van der Waals surface area contributed by atoms with Gasteiger partial charge in [-0.15, -0.1) is 0 Å². The van der Waals surface area contributed by atoms with Crippen molar-refractivity contribution in [3.8, 4) is 0 Å². The van der Waals surface area contributed by atoms with Crippen LogP contribution in [0.15, 0.2) is 22.9 Å². The van der Waals surface area contributed by atoms with Crippen LogP contribution >= 0.6 is 0 Å². The maximum absolute atomic E-state index is 10.5. The SMILES string of the molecule is OCC1C=C(C2=C3CCCC4(NCCCC24)N3)CN(CC2CCCCC2O)C1. The van der Waals surface area contributed by atoms with Crippen molar-refractivity contribution in [3.05, 3.63) is 22.9 Å². The van der Waals surface area contributed by atoms with Gasteiger partial charge in [0.15, 0.2) is 0 Å². The first-order valence-electron chi connectivity index (χ1n) is 11.7. The monoisotopic (exact) mass is 387 g/mol. The Bertz CT molecular complexity index is 656. The molecule has 0 aromatic rings. The normalized spacial score (nSPS) is 41.4. The van der Waals surface area contributed by atoms with Crippen molar-refractivity contribution < 1.29 is 10.2 Å². The quantitative estimate of drug-likeness (QED) is 0.595. The summed E-state index contributed by atoms with van der Waals surface area (Å²) in [6.07, 6.45) is 12.9. The van der Waals surface area contributed by atoms with E-state index in [4.69, 9.17) is 0 Å². The van der Waals surface area contributed by atoms with E-state index in [1.54, 1.807) is 5.57 Å². The van der Waals surface area contributed by atoms with Crippen LogP contribution in [-0.2, 0) is 0 Å². The maximum Gasteiger partial charge on any atom is 0.0950 e. The van der Waals surface area contributed by atoms with Crippen LogP contribution < -0.4 is 10.6 Å². The molecule has 5 unspecified atom stereocenters. The average Bonchev–Trinajstić information content (AvgIpc) is 2.95. The van der Waals surface area contributed by atoms with Gasteiger partial charge >= 0.3 is 0 Å². The Morgan fingerprint density at radius 2 is 2.04 bits per heavy atom. The van der Waals surface area contributed by atoms with Crippen molar-refractivity contribution in [1.29, 1.82) is 0 Å². The van der Waals surface area contributed by atoms with Crippen LogP contribution in [0.2, 0.25) is 0 Å². The number of fused-ring (bicyclic) bond motifs is 1. The van der Waals surface area contributed by atoms with Gasteiger partial charge in [-0.25, -0.2) is 0 Å². The largest absolute Gasteiger partial charge is 0.396 e. The fraction of sp³-hybridized carbons (Fsp3) is 0.826. The van der Waals surface area contributed by atoms with Crippen LogP contribution in [0.4, 0.5) is 0 Å². The molecule has 1 aliphatic carbocycles. The van der Waals surface area contributed by atoms with Gasteiger partial charge in [-0.1, -0.05) is 18.9 Å². The predicted molar refractivity (Wildman–Crippen MR) is 111 cm³/mol. The molecule has 0 aromatic heterocycles. The summed E-state index contributed by atoms with van der Waals surface area (Å²) < 4.78 is 0. The van der Waals surface area contributed by atoms with Crippen molar-refractivity contribution in [2.45, 2.75) is 69.6 Å². The number of aliphatic hydroxyl groups excluding tert-OH is 2. The smallest absolute Gasteiger partial charge is 0.0950 e. The highest BCUT2D eigenvalue weighted by molar-refractivity contribution is 5.46. The van der Waals surface area contributed by atoms with E-state index in [0.717, 1.165) is 45.4 Å². The van der Waals surface area contributed by atoms with E-state index in [0.29, 0.717) is 11.8 Å². The third-order valence-corrected chi connectivity index (χ3v) is 8.02. The average molecular weight is 388 g/mol. The van der Waals surface area contributed by atoms with Gasteiger partial charge in [0.05, 0.1) is 18.4 Å². The Kier molecular flexibility index (Phi) is 5.29. The van der Waals surface area contributed by atoms with E-state index in [2.05, 4.69) is 21.6 Å². The number of piperidine rings is 2. The van der Waals surface area contributed by atoms with Gasteiger partial charge in [-0.3, -0.25) is 10.2 Å². The Morgan fingerprint density at radius 3 is 2.89 bits per heavy atom. The number of allylic oxidation sites excluding steroid dienone is 1. The molecule has 5 aliphatic rings. The maximum atomic E-state index is 10.5. The molecule has 0 aromatic carbocycles. The minimum absolute atomic E-state index is 0.0958. The number of nitrogens with zero attached hydrogens (tertiary/aromatic N) is 1. The lowest BCUT2D eigenvalue weighted by Crippen LogP contribution is -2.61. The molecule has 156 valence electrons. The Labute approximate surface area is 169 Å². The van der Waals surface area contributed by atoms with Crippen molar-refractivity contribution in [3.63, 3.8) is 0 Å². The van der Waals surface area contributed by atoms with Gasteiger partial charge in [0.2, 0.25) is 0 Å². The second-order valence-electron chi connectivity index (χ2n) is 9.90. The lowest BCUT2D eigenvalue weighted by molar-refractivity contribution is 0.0427. The Balaban J connectivity index is 1.38. The molecule has 0 amide bonds. The number of hydrogen-bond donors (Lipinski definition) is 4. The molecule has 1 saturated carbocycles. The highest BCUT2D eigenvalue weighted by Crippen LogP contribution is 2.48. The summed E-state index contributed by atoms with van der Waals surface area (Å²) in [6, 6.07) is 0. The molecule has 4 aliphatic heterocycles. The van der Waals surface area contributed by atoms with Crippen LogP contribution in [0.3, 0.4) is 0 Å². The molecule has 1 spiro atoms. The van der Waals surface area contributed by atoms with E-state index in [9.17, 15) is 10.2 Å². The molecule has 5 rings (SSSR count). The van der Waals surface area contributed by atoms with Gasteiger partial charge in [0, 0.05) is 37.2 Å². The molecule has 5 atom stereocenters. The summed E-state index contributed by atoms with van der Waals surface area (Å²) in [5.74, 6) is 1.18. The van der Waals surface area contributed by atoms with Gasteiger partial charge in [-0.2, -0.15) is 0 Å². The summed E-state index contributed by atoms with van der Waals surface area (Å²) in [5.41, 5.74) is 4.58. The van der Waals surface area contributed by atoms with Crippen molar-refractivity contribution >= 4 is 0 Å². The Morgan fingerprint density at radius 1 is 1.14 bits per heavy atom. The zero-order valence-electron chi connectivity index (χ0n) is 17.1. The number of rotatable bonds is 4. The van der Waals surface area contributed by atoms with E-state index >= 15 is 0 Å². The summed E-state index contributed by atoms with van der Waals surface area (Å²) >= 11 is 0. The molecule has 5 nitrogen and oxygen atoms in total. The molecule has 4 N–H and O–H groups in total. The van der Waals surface area contributed by atoms with Gasteiger partial charge in [0.25, 0.3) is 0 Å². The summed E-state index contributed by atoms with van der Waals surface area (Å²) in [4.78, 5) is 2.52. The summed E-state index contributed by atoms with van der Waals surface area (Å²) in [7, 11) is 0. The van der Waals surface area contributed by atoms with Crippen LogP contribution in [0.5, 0.6) is 0 Å². The fourth-order valence-electron chi connectivity index (χ4n) is 6.72. The highest BCUT2D eigenvalue weighted by atomic mass is 16.3. The number of hydrogen-bond acceptors (Lipinski definition) is 5. The highest BCUT2D eigenvalue weighted by Gasteiger charge is 2.51. The summed E-state index contributed by atoms with van der Waals surface area (Å²) in [5, 5.41) is 28.2. The Hall–Kier alpha value is -0.880. The molecule has 28 heavy (non-hydrogen) atoms. The van der Waals surface area contributed by atoms with Crippen molar-refractivity contribution in [1.82, 2.24) is 15.5 Å². The predicted octanol–water partition coefficient (Wildman–Crippen LogP) is 2.13. The van der Waals surface area contributed by atoms with Crippen LogP contribution in [0.1, 0.15) is 57.8 Å². The first-order valence-corrected chi connectivity index (χ1v) is 11.7. The standard InChI is InChI=1S/C23H37N3O2/c27-15-16-11-18(14-26(12-16)13-17-5-1-2-8-21(17)28)22-19-6-4-10-24-23(19)9-3-7-20(22)25-23/h11,16-17,19,21,24-25,27-28H,1-10,12-15H2. The first kappa shape index (κ1) is 19.1. The fourth-order valence-corrected chi connectivity index (χ4v) is 6.72. The topological polar surface area (TPSA) is 67.8 Å². The van der Waals surface area contributed by atoms with E-state index in [-0.39, 0.29) is 24.3 Å². The van der Waals surface area contributed by atoms with Gasteiger partial charge in [-0.05, 0) is 68.6 Å². The summed E-state index contributed by atoms with van der Waals surface area (Å²) in [6.45, 7) is 4.21. The van der Waals surface area contributed by atoms with Crippen LogP contribution in [0.25, 0.3) is 0 Å².